The molecule has 1 aliphatic heterocycles. The first-order chi connectivity index (χ1) is 8.54. The highest BCUT2D eigenvalue weighted by atomic mass is 32.2. The van der Waals surface area contributed by atoms with Gasteiger partial charge in [-0.2, -0.15) is 0 Å². The molecule has 1 saturated heterocycles. The number of ether oxygens (including phenoxy) is 1. The molecule has 1 aromatic rings. The number of carbonyl (C=O) groups is 1. The number of aliphatic carboxylic acids is 1. The van der Waals surface area contributed by atoms with Crippen molar-refractivity contribution < 1.29 is 14.6 Å². The van der Waals surface area contributed by atoms with Gasteiger partial charge < -0.3 is 9.84 Å². The minimum atomic E-state index is -0.795. The Morgan fingerprint density at radius 2 is 2.11 bits per heavy atom. The highest BCUT2D eigenvalue weighted by Gasteiger charge is 2.29. The van der Waals surface area contributed by atoms with Gasteiger partial charge in [-0.25, -0.2) is 0 Å². The quantitative estimate of drug-likeness (QED) is 0.871. The second-order valence-electron chi connectivity index (χ2n) is 4.51. The van der Waals surface area contributed by atoms with Crippen LogP contribution in [0.25, 0.3) is 0 Å². The molecule has 5 heteroatoms. The van der Waals surface area contributed by atoms with Gasteiger partial charge in [0, 0.05) is 5.75 Å². The van der Waals surface area contributed by atoms with Gasteiger partial charge in [-0.05, 0) is 37.1 Å². The Morgan fingerprint density at radius 3 is 2.67 bits per heavy atom. The minimum absolute atomic E-state index is 0.0481. The summed E-state index contributed by atoms with van der Waals surface area (Å²) in [4.78, 5) is 10.8. The zero-order valence-electron chi connectivity index (χ0n) is 10.5. The molecule has 0 aromatic heterocycles. The normalized spacial score (nSPS) is 23.0. The van der Waals surface area contributed by atoms with E-state index in [1.165, 1.54) is 11.1 Å². The van der Waals surface area contributed by atoms with Gasteiger partial charge in [-0.15, -0.1) is 11.8 Å². The van der Waals surface area contributed by atoms with Crippen molar-refractivity contribution in [2.45, 2.75) is 25.3 Å². The van der Waals surface area contributed by atoms with E-state index in [1.54, 1.807) is 11.8 Å². The number of benzene rings is 1. The third kappa shape index (κ3) is 3.40. The van der Waals surface area contributed by atoms with Crippen LogP contribution in [0.3, 0.4) is 0 Å². The third-order valence-corrected chi connectivity index (χ3v) is 3.95. The Balaban J connectivity index is 1.87. The van der Waals surface area contributed by atoms with Gasteiger partial charge in [0.2, 0.25) is 0 Å². The third-order valence-electron chi connectivity index (χ3n) is 2.75. The summed E-state index contributed by atoms with van der Waals surface area (Å²) >= 11 is 1.59. The van der Waals surface area contributed by atoms with Gasteiger partial charge in [-0.3, -0.25) is 10.1 Å². The molecule has 0 radical (unpaired) electrons. The summed E-state index contributed by atoms with van der Waals surface area (Å²) in [7, 11) is 0. The summed E-state index contributed by atoms with van der Waals surface area (Å²) < 4.78 is 5.70. The molecule has 0 saturated carbocycles. The molecule has 1 heterocycles. The second kappa shape index (κ2) is 5.63. The Bertz CT molecular complexity index is 430. The maximum Gasteiger partial charge on any atom is 0.321 e. The van der Waals surface area contributed by atoms with Gasteiger partial charge in [0.05, 0.1) is 5.37 Å². The monoisotopic (exact) mass is 267 g/mol. The van der Waals surface area contributed by atoms with Crippen LogP contribution in [0.1, 0.15) is 11.1 Å². The van der Waals surface area contributed by atoms with Crippen LogP contribution in [0.4, 0.5) is 0 Å². The van der Waals surface area contributed by atoms with Crippen molar-refractivity contribution >= 4 is 17.7 Å². The molecule has 0 spiro atoms. The molecule has 2 unspecified atom stereocenters. The molecule has 2 N–H and O–H groups in total. The highest BCUT2D eigenvalue weighted by Crippen LogP contribution is 2.21. The molecule has 0 aliphatic carbocycles. The fraction of sp³-hybridized carbons (Fsp3) is 0.462. The predicted octanol–water partition coefficient (Wildman–Crippen LogP) is 1.80. The lowest BCUT2D eigenvalue weighted by molar-refractivity contribution is -0.138. The lowest BCUT2D eigenvalue weighted by Gasteiger charge is -2.13. The molecule has 98 valence electrons. The Morgan fingerprint density at radius 1 is 1.44 bits per heavy atom. The van der Waals surface area contributed by atoms with Crippen molar-refractivity contribution in [2.75, 3.05) is 12.4 Å². The van der Waals surface area contributed by atoms with Crippen molar-refractivity contribution in [2.24, 2.45) is 0 Å². The molecule has 2 atom stereocenters. The Hall–Kier alpha value is -1.20. The van der Waals surface area contributed by atoms with Crippen LogP contribution in [0.5, 0.6) is 5.75 Å². The van der Waals surface area contributed by atoms with Crippen LogP contribution in [0.2, 0.25) is 0 Å². The summed E-state index contributed by atoms with van der Waals surface area (Å²) in [6.45, 7) is 4.54. The van der Waals surface area contributed by atoms with E-state index in [1.807, 2.05) is 26.0 Å². The molecule has 0 bridgehead atoms. The number of rotatable bonds is 4. The van der Waals surface area contributed by atoms with Crippen LogP contribution >= 0.6 is 11.8 Å². The molecule has 2 rings (SSSR count). The zero-order chi connectivity index (χ0) is 13.1. The number of aryl methyl sites for hydroxylation is 2. The minimum Gasteiger partial charge on any atom is -0.491 e. The van der Waals surface area contributed by atoms with E-state index in [0.717, 1.165) is 5.75 Å². The second-order valence-corrected chi connectivity index (χ2v) is 5.75. The number of hydrogen-bond donors (Lipinski definition) is 2. The largest absolute Gasteiger partial charge is 0.491 e. The molecule has 1 fully saturated rings. The SMILES string of the molecule is Cc1cc(C)cc(OCC2NC(C(=O)O)CS2)c1. The number of hydrogen-bond acceptors (Lipinski definition) is 4. The van der Waals surface area contributed by atoms with Crippen molar-refractivity contribution in [1.82, 2.24) is 5.32 Å². The van der Waals surface area contributed by atoms with Crippen LogP contribution in [-0.2, 0) is 4.79 Å². The van der Waals surface area contributed by atoms with Crippen molar-refractivity contribution in [3.63, 3.8) is 0 Å². The van der Waals surface area contributed by atoms with E-state index in [9.17, 15) is 4.79 Å². The molecule has 1 aliphatic rings. The fourth-order valence-corrected chi connectivity index (χ4v) is 3.05. The molecular formula is C13H17NO3S. The summed E-state index contributed by atoms with van der Waals surface area (Å²) in [5.41, 5.74) is 2.33. The maximum absolute atomic E-state index is 10.8. The van der Waals surface area contributed by atoms with E-state index >= 15 is 0 Å². The van der Waals surface area contributed by atoms with Gasteiger partial charge in [0.1, 0.15) is 18.4 Å². The van der Waals surface area contributed by atoms with E-state index in [2.05, 4.69) is 11.4 Å². The number of thioether (sulfide) groups is 1. The van der Waals surface area contributed by atoms with E-state index in [4.69, 9.17) is 9.84 Å². The summed E-state index contributed by atoms with van der Waals surface area (Å²) in [6, 6.07) is 5.61. The van der Waals surface area contributed by atoms with Crippen LogP contribution in [0.15, 0.2) is 18.2 Å². The number of nitrogens with one attached hydrogen (secondary N) is 1. The van der Waals surface area contributed by atoms with E-state index < -0.39 is 12.0 Å². The Labute approximate surface area is 111 Å². The first-order valence-corrected chi connectivity index (χ1v) is 6.91. The molecule has 18 heavy (non-hydrogen) atoms. The zero-order valence-corrected chi connectivity index (χ0v) is 11.3. The smallest absolute Gasteiger partial charge is 0.321 e. The number of carboxylic acids is 1. The van der Waals surface area contributed by atoms with Crippen molar-refractivity contribution in [3.05, 3.63) is 29.3 Å². The van der Waals surface area contributed by atoms with E-state index in [-0.39, 0.29) is 5.37 Å². The van der Waals surface area contributed by atoms with E-state index in [0.29, 0.717) is 12.4 Å². The fourth-order valence-electron chi connectivity index (χ4n) is 1.96. The predicted molar refractivity (Wildman–Crippen MR) is 72.2 cm³/mol. The van der Waals surface area contributed by atoms with Crippen molar-refractivity contribution in [3.8, 4) is 5.75 Å². The summed E-state index contributed by atoms with van der Waals surface area (Å²) in [6.07, 6.45) is 0. The molecule has 4 nitrogen and oxygen atoms in total. The lowest BCUT2D eigenvalue weighted by Crippen LogP contribution is -2.38. The average molecular weight is 267 g/mol. The molecule has 1 aromatic carbocycles. The van der Waals surface area contributed by atoms with Crippen molar-refractivity contribution in [1.29, 1.82) is 0 Å². The Kier molecular flexibility index (Phi) is 4.14. The van der Waals surface area contributed by atoms with Crippen LogP contribution in [-0.4, -0.2) is 34.9 Å². The number of carboxylic acid groups (broad SMARTS) is 1. The van der Waals surface area contributed by atoms with Crippen LogP contribution < -0.4 is 10.1 Å². The average Bonchev–Trinajstić information content (AvgIpc) is 2.73. The topological polar surface area (TPSA) is 58.6 Å². The first-order valence-electron chi connectivity index (χ1n) is 5.86. The standard InChI is InChI=1S/C13H17NO3S/c1-8-3-9(2)5-10(4-8)17-6-12-14-11(7-18-12)13(15)16/h3-5,11-12,14H,6-7H2,1-2H3,(H,15,16). The van der Waals surface area contributed by atoms with Gasteiger partial charge in [-0.1, -0.05) is 6.07 Å². The molecule has 0 amide bonds. The van der Waals surface area contributed by atoms with Gasteiger partial charge in [0.25, 0.3) is 0 Å². The maximum atomic E-state index is 10.8. The lowest BCUT2D eigenvalue weighted by atomic mass is 10.1. The molecular weight excluding hydrogens is 250 g/mol. The first kappa shape index (κ1) is 13.2. The van der Waals surface area contributed by atoms with Gasteiger partial charge >= 0.3 is 5.97 Å². The van der Waals surface area contributed by atoms with Crippen LogP contribution in [0, 0.1) is 13.8 Å². The highest BCUT2D eigenvalue weighted by molar-refractivity contribution is 8.00. The summed E-state index contributed by atoms with van der Waals surface area (Å²) in [5.74, 6) is 0.640. The van der Waals surface area contributed by atoms with Gasteiger partial charge in [0.15, 0.2) is 0 Å². The summed E-state index contributed by atoms with van der Waals surface area (Å²) in [5, 5.41) is 11.9.